The van der Waals surface area contributed by atoms with Gasteiger partial charge in [-0.1, -0.05) is 74.2 Å². The Hall–Kier alpha value is -2.64. The number of alkyl halides is 3. The van der Waals surface area contributed by atoms with E-state index in [-0.39, 0.29) is 18.1 Å². The molecule has 0 bridgehead atoms. The molecular formula is C23H25F3O4. The second kappa shape index (κ2) is 10.4. The van der Waals surface area contributed by atoms with Gasteiger partial charge in [-0.05, 0) is 11.1 Å². The van der Waals surface area contributed by atoms with Gasteiger partial charge in [-0.3, -0.25) is 0 Å². The highest BCUT2D eigenvalue weighted by atomic mass is 19.4. The Bertz CT molecular complexity index is 821. The predicted molar refractivity (Wildman–Crippen MR) is 107 cm³/mol. The van der Waals surface area contributed by atoms with Gasteiger partial charge < -0.3 is 14.2 Å². The molecule has 0 amide bonds. The molecule has 0 aliphatic heterocycles. The molecule has 0 fully saturated rings. The number of hydrogen-bond acceptors (Lipinski definition) is 4. The van der Waals surface area contributed by atoms with Crippen LogP contribution in [0.3, 0.4) is 0 Å². The minimum atomic E-state index is -5.01. The van der Waals surface area contributed by atoms with E-state index in [1.54, 1.807) is 13.0 Å². The van der Waals surface area contributed by atoms with Gasteiger partial charge in [0.05, 0.1) is 13.2 Å². The molecule has 0 heterocycles. The Morgan fingerprint density at radius 2 is 1.60 bits per heavy atom. The number of ether oxygens (including phenoxy) is 3. The van der Waals surface area contributed by atoms with Crippen LogP contribution in [0.5, 0.6) is 0 Å². The zero-order valence-corrected chi connectivity index (χ0v) is 16.9. The minimum absolute atomic E-state index is 0.221. The third kappa shape index (κ3) is 5.49. The van der Waals surface area contributed by atoms with E-state index in [2.05, 4.69) is 6.58 Å². The van der Waals surface area contributed by atoms with E-state index in [0.29, 0.717) is 18.8 Å². The largest absolute Gasteiger partial charge is 0.459 e. The van der Waals surface area contributed by atoms with E-state index in [1.807, 2.05) is 30.3 Å². The molecule has 2 atom stereocenters. The van der Waals surface area contributed by atoms with Crippen molar-refractivity contribution in [1.29, 1.82) is 0 Å². The molecule has 2 aromatic rings. The van der Waals surface area contributed by atoms with E-state index in [1.165, 1.54) is 24.3 Å². The van der Waals surface area contributed by atoms with Crippen molar-refractivity contribution in [3.8, 4) is 0 Å². The van der Waals surface area contributed by atoms with Crippen LogP contribution >= 0.6 is 0 Å². The van der Waals surface area contributed by atoms with Gasteiger partial charge in [-0.15, -0.1) is 0 Å². The lowest BCUT2D eigenvalue weighted by Gasteiger charge is -2.32. The molecule has 2 rings (SSSR count). The van der Waals surface area contributed by atoms with Crippen molar-refractivity contribution in [3.05, 3.63) is 83.9 Å². The van der Waals surface area contributed by atoms with Crippen LogP contribution in [0, 0.1) is 5.92 Å². The van der Waals surface area contributed by atoms with Crippen LogP contribution in [-0.2, 0) is 31.2 Å². The van der Waals surface area contributed by atoms with E-state index >= 15 is 0 Å². The lowest BCUT2D eigenvalue weighted by molar-refractivity contribution is -0.276. The van der Waals surface area contributed by atoms with Gasteiger partial charge in [-0.25, -0.2) is 4.79 Å². The van der Waals surface area contributed by atoms with E-state index in [0.717, 1.165) is 12.7 Å². The number of halogens is 3. The minimum Gasteiger partial charge on any atom is -0.459 e. The highest BCUT2D eigenvalue weighted by Gasteiger charge is 2.64. The first-order chi connectivity index (χ1) is 14.2. The average molecular weight is 422 g/mol. The van der Waals surface area contributed by atoms with Crippen molar-refractivity contribution >= 4 is 5.97 Å². The SMILES string of the molecule is C=C(COC(=O)[C@](OC)(c1ccccc1)C(F)(F)F)[C@@H](C)COCc1ccccc1. The number of carbonyl (C=O) groups is 1. The Kier molecular flexibility index (Phi) is 8.20. The highest BCUT2D eigenvalue weighted by Crippen LogP contribution is 2.43. The van der Waals surface area contributed by atoms with E-state index < -0.39 is 17.7 Å². The topological polar surface area (TPSA) is 44.8 Å². The Labute approximate surface area is 174 Å². The molecule has 7 heteroatoms. The molecule has 0 radical (unpaired) electrons. The summed E-state index contributed by atoms with van der Waals surface area (Å²) in [5, 5.41) is 0. The zero-order chi connectivity index (χ0) is 22.2. The Balaban J connectivity index is 1.98. The summed E-state index contributed by atoms with van der Waals surface area (Å²) in [6.07, 6.45) is -5.01. The van der Waals surface area contributed by atoms with E-state index in [9.17, 15) is 18.0 Å². The average Bonchev–Trinajstić information content (AvgIpc) is 2.73. The maximum atomic E-state index is 13.9. The summed E-state index contributed by atoms with van der Waals surface area (Å²) < 4.78 is 56.9. The summed E-state index contributed by atoms with van der Waals surface area (Å²) in [6.45, 7) is 5.93. The molecule has 0 spiro atoms. The monoisotopic (exact) mass is 422 g/mol. The molecule has 0 aliphatic carbocycles. The number of rotatable bonds is 10. The molecule has 0 unspecified atom stereocenters. The fourth-order valence-corrected chi connectivity index (χ4v) is 2.83. The van der Waals surface area contributed by atoms with Crippen LogP contribution in [0.25, 0.3) is 0 Å². The Morgan fingerprint density at radius 3 is 2.13 bits per heavy atom. The normalized spacial score (nSPS) is 14.6. The molecule has 0 N–H and O–H groups in total. The summed E-state index contributed by atoms with van der Waals surface area (Å²) in [7, 11) is 0.830. The smallest absolute Gasteiger partial charge is 0.432 e. The van der Waals surface area contributed by atoms with Crippen LogP contribution in [0.2, 0.25) is 0 Å². The fourth-order valence-electron chi connectivity index (χ4n) is 2.83. The number of hydrogen-bond donors (Lipinski definition) is 0. The predicted octanol–water partition coefficient (Wildman–Crippen LogP) is 5.04. The molecule has 0 saturated heterocycles. The maximum absolute atomic E-state index is 13.9. The molecule has 0 aliphatic rings. The van der Waals surface area contributed by atoms with Gasteiger partial charge in [0.25, 0.3) is 5.60 Å². The third-order valence-corrected chi connectivity index (χ3v) is 4.74. The second-order valence-corrected chi connectivity index (χ2v) is 6.89. The molecule has 0 saturated carbocycles. The summed E-state index contributed by atoms with van der Waals surface area (Å²) in [6, 6.07) is 16.2. The highest BCUT2D eigenvalue weighted by molar-refractivity contribution is 5.82. The van der Waals surface area contributed by atoms with Crippen LogP contribution < -0.4 is 0 Å². The van der Waals surface area contributed by atoms with Crippen molar-refractivity contribution in [1.82, 2.24) is 0 Å². The van der Waals surface area contributed by atoms with Crippen molar-refractivity contribution < 1.29 is 32.2 Å². The first-order valence-electron chi connectivity index (χ1n) is 9.36. The molecular weight excluding hydrogens is 397 g/mol. The first kappa shape index (κ1) is 23.6. The second-order valence-electron chi connectivity index (χ2n) is 6.89. The molecule has 4 nitrogen and oxygen atoms in total. The summed E-state index contributed by atoms with van der Waals surface area (Å²) in [5.41, 5.74) is -2.12. The summed E-state index contributed by atoms with van der Waals surface area (Å²) in [4.78, 5) is 12.5. The van der Waals surface area contributed by atoms with Crippen LogP contribution in [0.15, 0.2) is 72.8 Å². The van der Waals surface area contributed by atoms with Gasteiger partial charge in [0.1, 0.15) is 6.61 Å². The molecule has 0 aromatic heterocycles. The van der Waals surface area contributed by atoms with Crippen molar-refractivity contribution in [2.45, 2.75) is 25.3 Å². The first-order valence-corrected chi connectivity index (χ1v) is 9.36. The number of benzene rings is 2. The standard InChI is InChI=1S/C23H25F3O4/c1-17(14-29-16-19-10-6-4-7-11-19)18(2)15-30-21(27)22(28-3,23(24,25)26)20-12-8-5-9-13-20/h4-13,17H,2,14-16H2,1,3H3/t17-,22+/m0/s1. The molecule has 162 valence electrons. The van der Waals surface area contributed by atoms with E-state index in [4.69, 9.17) is 14.2 Å². The lowest BCUT2D eigenvalue weighted by atomic mass is 9.92. The van der Waals surface area contributed by atoms with Crippen LogP contribution in [0.1, 0.15) is 18.1 Å². The quantitative estimate of drug-likeness (QED) is 0.397. The molecule has 30 heavy (non-hydrogen) atoms. The Morgan fingerprint density at radius 1 is 1.03 bits per heavy atom. The molecule has 2 aromatic carbocycles. The van der Waals surface area contributed by atoms with Gasteiger partial charge in [0.2, 0.25) is 0 Å². The van der Waals surface area contributed by atoms with Crippen molar-refractivity contribution in [3.63, 3.8) is 0 Å². The van der Waals surface area contributed by atoms with Gasteiger partial charge in [-0.2, -0.15) is 13.2 Å². The number of esters is 1. The number of carbonyl (C=O) groups excluding carboxylic acids is 1. The maximum Gasteiger partial charge on any atom is 0.432 e. The lowest BCUT2D eigenvalue weighted by Crippen LogP contribution is -2.51. The summed E-state index contributed by atoms with van der Waals surface area (Å²) in [5.74, 6) is -1.76. The number of methoxy groups -OCH3 is 1. The third-order valence-electron chi connectivity index (χ3n) is 4.74. The summed E-state index contributed by atoms with van der Waals surface area (Å²) >= 11 is 0. The zero-order valence-electron chi connectivity index (χ0n) is 16.9. The van der Waals surface area contributed by atoms with Crippen LogP contribution in [-0.4, -0.2) is 32.5 Å². The van der Waals surface area contributed by atoms with Crippen molar-refractivity contribution in [2.75, 3.05) is 20.3 Å². The fraction of sp³-hybridized carbons (Fsp3) is 0.348. The van der Waals surface area contributed by atoms with Gasteiger partial charge in [0, 0.05) is 18.6 Å². The van der Waals surface area contributed by atoms with Crippen molar-refractivity contribution in [2.24, 2.45) is 5.92 Å². The van der Waals surface area contributed by atoms with Gasteiger partial charge in [0.15, 0.2) is 0 Å². The van der Waals surface area contributed by atoms with Gasteiger partial charge >= 0.3 is 12.1 Å². The van der Waals surface area contributed by atoms with Crippen LogP contribution in [0.4, 0.5) is 13.2 Å².